The summed E-state index contributed by atoms with van der Waals surface area (Å²) in [5.41, 5.74) is -0.606. The van der Waals surface area contributed by atoms with Crippen molar-refractivity contribution in [1.82, 2.24) is 4.90 Å². The number of piperidine rings is 1. The molecule has 82 valence electrons. The van der Waals surface area contributed by atoms with Crippen LogP contribution in [0.15, 0.2) is 0 Å². The Morgan fingerprint density at radius 1 is 1.64 bits per heavy atom. The average molecular weight is 199 g/mol. The lowest BCUT2D eigenvalue weighted by molar-refractivity contribution is -0.113. The number of nitrogens with zero attached hydrogens (tertiary/aromatic N) is 1. The third-order valence-corrected chi connectivity index (χ3v) is 3.06. The van der Waals surface area contributed by atoms with Gasteiger partial charge in [0.05, 0.1) is 5.60 Å². The molecule has 1 heterocycles. The first kappa shape index (κ1) is 11.7. The minimum atomic E-state index is -0.606. The van der Waals surface area contributed by atoms with Gasteiger partial charge in [-0.2, -0.15) is 0 Å². The van der Waals surface area contributed by atoms with Gasteiger partial charge in [-0.3, -0.25) is 4.90 Å². The van der Waals surface area contributed by atoms with Gasteiger partial charge >= 0.3 is 0 Å². The first-order chi connectivity index (χ1) is 6.57. The van der Waals surface area contributed by atoms with E-state index >= 15 is 0 Å². The largest absolute Gasteiger partial charge is 0.389 e. The number of aliphatic hydroxyl groups is 1. The van der Waals surface area contributed by atoms with Gasteiger partial charge in [-0.15, -0.1) is 0 Å². The number of hydrogen-bond donors (Lipinski definition) is 1. The lowest BCUT2D eigenvalue weighted by atomic mass is 9.96. The summed E-state index contributed by atoms with van der Waals surface area (Å²) in [5, 5.41) is 9.90. The molecule has 1 rings (SSSR count). The van der Waals surface area contributed by atoms with Crippen LogP contribution in [0.4, 0.5) is 0 Å². The lowest BCUT2D eigenvalue weighted by Gasteiger charge is -2.35. The molecule has 1 N–H and O–H groups in total. The predicted molar refractivity (Wildman–Crippen MR) is 56.1 cm³/mol. The van der Waals surface area contributed by atoms with E-state index in [-0.39, 0.29) is 5.92 Å². The molecule has 0 spiro atoms. The van der Waals surface area contributed by atoms with Crippen molar-refractivity contribution in [3.8, 4) is 0 Å². The van der Waals surface area contributed by atoms with Crippen LogP contribution in [0, 0.1) is 5.92 Å². The van der Waals surface area contributed by atoms with E-state index in [0.717, 1.165) is 38.6 Å². The second kappa shape index (κ2) is 4.89. The summed E-state index contributed by atoms with van der Waals surface area (Å²) in [6, 6.07) is 0. The molecule has 3 heteroatoms. The zero-order chi connectivity index (χ0) is 10.6. The Morgan fingerprint density at radius 3 is 2.93 bits per heavy atom. The summed E-state index contributed by atoms with van der Waals surface area (Å²) in [7, 11) is 0. The summed E-state index contributed by atoms with van der Waals surface area (Å²) in [5.74, 6) is 0.177. The van der Waals surface area contributed by atoms with Crippen molar-refractivity contribution >= 4 is 6.29 Å². The van der Waals surface area contributed by atoms with Crippen LogP contribution in [0.2, 0.25) is 0 Å². The highest BCUT2D eigenvalue weighted by atomic mass is 16.3. The van der Waals surface area contributed by atoms with E-state index in [9.17, 15) is 9.90 Å². The van der Waals surface area contributed by atoms with E-state index < -0.39 is 5.60 Å². The molecule has 0 aromatic carbocycles. The fourth-order valence-electron chi connectivity index (χ4n) is 1.94. The van der Waals surface area contributed by atoms with Crippen molar-refractivity contribution in [2.45, 2.75) is 38.7 Å². The summed E-state index contributed by atoms with van der Waals surface area (Å²) in [4.78, 5) is 12.9. The molecule has 3 nitrogen and oxygen atoms in total. The van der Waals surface area contributed by atoms with E-state index in [1.165, 1.54) is 0 Å². The van der Waals surface area contributed by atoms with E-state index in [0.29, 0.717) is 6.54 Å². The van der Waals surface area contributed by atoms with Gasteiger partial charge in [-0.25, -0.2) is 0 Å². The standard InChI is InChI=1S/C11H21NO2/c1-3-11(2,14)9-12-6-4-5-10(7-12)8-13/h8,10,14H,3-7,9H2,1-2H3. The Balaban J connectivity index is 2.41. The molecule has 1 aliphatic heterocycles. The van der Waals surface area contributed by atoms with Gasteiger partial charge < -0.3 is 9.90 Å². The van der Waals surface area contributed by atoms with E-state index in [4.69, 9.17) is 0 Å². The summed E-state index contributed by atoms with van der Waals surface area (Å²) in [6.07, 6.45) is 3.89. The van der Waals surface area contributed by atoms with Gasteiger partial charge in [-0.05, 0) is 32.7 Å². The molecule has 1 fully saturated rings. The maximum atomic E-state index is 10.7. The molecular formula is C11H21NO2. The smallest absolute Gasteiger partial charge is 0.124 e. The Morgan fingerprint density at radius 2 is 2.36 bits per heavy atom. The average Bonchev–Trinajstić information content (AvgIpc) is 2.17. The number of rotatable bonds is 4. The molecule has 0 bridgehead atoms. The second-order valence-electron chi connectivity index (χ2n) is 4.62. The lowest BCUT2D eigenvalue weighted by Crippen LogP contribution is -2.45. The number of hydrogen-bond acceptors (Lipinski definition) is 3. The van der Waals surface area contributed by atoms with Crippen LogP contribution >= 0.6 is 0 Å². The highest BCUT2D eigenvalue weighted by Crippen LogP contribution is 2.18. The van der Waals surface area contributed by atoms with Gasteiger partial charge in [0, 0.05) is 19.0 Å². The van der Waals surface area contributed by atoms with E-state index in [1.807, 2.05) is 13.8 Å². The van der Waals surface area contributed by atoms with Crippen molar-refractivity contribution in [3.63, 3.8) is 0 Å². The highest BCUT2D eigenvalue weighted by molar-refractivity contribution is 5.53. The van der Waals surface area contributed by atoms with Gasteiger partial charge in [0.15, 0.2) is 0 Å². The molecule has 0 aromatic heterocycles. The second-order valence-corrected chi connectivity index (χ2v) is 4.62. The number of likely N-dealkylation sites (tertiary alicyclic amines) is 1. The van der Waals surface area contributed by atoms with E-state index in [1.54, 1.807) is 0 Å². The minimum absolute atomic E-state index is 0.177. The quantitative estimate of drug-likeness (QED) is 0.688. The van der Waals surface area contributed by atoms with Gasteiger partial charge in [0.2, 0.25) is 0 Å². The molecule has 1 saturated heterocycles. The van der Waals surface area contributed by atoms with Crippen molar-refractivity contribution in [1.29, 1.82) is 0 Å². The first-order valence-electron chi connectivity index (χ1n) is 5.47. The Bertz CT molecular complexity index is 192. The Kier molecular flexibility index (Phi) is 4.08. The van der Waals surface area contributed by atoms with Crippen molar-refractivity contribution in [3.05, 3.63) is 0 Å². The number of aldehydes is 1. The van der Waals surface area contributed by atoms with Crippen LogP contribution in [-0.2, 0) is 4.79 Å². The zero-order valence-corrected chi connectivity index (χ0v) is 9.20. The molecule has 1 aliphatic rings. The predicted octanol–water partition coefficient (Wildman–Crippen LogP) is 1.06. The SMILES string of the molecule is CCC(C)(O)CN1CCCC(C=O)C1. The molecule has 2 unspecified atom stereocenters. The maximum Gasteiger partial charge on any atom is 0.124 e. The summed E-state index contributed by atoms with van der Waals surface area (Å²) in [6.45, 7) is 6.37. The normalized spacial score (nSPS) is 28.4. The zero-order valence-electron chi connectivity index (χ0n) is 9.20. The fourth-order valence-corrected chi connectivity index (χ4v) is 1.94. The van der Waals surface area contributed by atoms with Crippen molar-refractivity contribution < 1.29 is 9.90 Å². The number of carbonyl (C=O) groups is 1. The van der Waals surface area contributed by atoms with Crippen molar-refractivity contribution in [2.75, 3.05) is 19.6 Å². The maximum absolute atomic E-state index is 10.7. The molecule has 0 aliphatic carbocycles. The first-order valence-corrected chi connectivity index (χ1v) is 5.47. The Hall–Kier alpha value is -0.410. The summed E-state index contributed by atoms with van der Waals surface area (Å²) < 4.78 is 0. The molecule has 0 saturated carbocycles. The fraction of sp³-hybridized carbons (Fsp3) is 0.909. The highest BCUT2D eigenvalue weighted by Gasteiger charge is 2.26. The van der Waals surface area contributed by atoms with Gasteiger partial charge in [0.25, 0.3) is 0 Å². The Labute approximate surface area is 86.1 Å². The molecule has 0 aromatic rings. The van der Waals surface area contributed by atoms with E-state index in [2.05, 4.69) is 4.90 Å². The molecule has 2 atom stereocenters. The van der Waals surface area contributed by atoms with Crippen LogP contribution in [0.5, 0.6) is 0 Å². The van der Waals surface area contributed by atoms with Crippen LogP contribution in [0.3, 0.4) is 0 Å². The topological polar surface area (TPSA) is 40.5 Å². The molecule has 14 heavy (non-hydrogen) atoms. The minimum Gasteiger partial charge on any atom is -0.389 e. The summed E-state index contributed by atoms with van der Waals surface area (Å²) >= 11 is 0. The molecular weight excluding hydrogens is 178 g/mol. The number of carbonyl (C=O) groups excluding carboxylic acids is 1. The van der Waals surface area contributed by atoms with Crippen LogP contribution in [-0.4, -0.2) is 41.5 Å². The van der Waals surface area contributed by atoms with Gasteiger partial charge in [0.1, 0.15) is 6.29 Å². The van der Waals surface area contributed by atoms with Gasteiger partial charge in [-0.1, -0.05) is 6.92 Å². The van der Waals surface area contributed by atoms with Crippen molar-refractivity contribution in [2.24, 2.45) is 5.92 Å². The van der Waals surface area contributed by atoms with Crippen LogP contribution in [0.25, 0.3) is 0 Å². The third kappa shape index (κ3) is 3.39. The molecule has 0 radical (unpaired) electrons. The number of β-amino-alcohol motifs (C(OH)–C–C–N with tert-alkyl or cyclic N) is 1. The third-order valence-electron chi connectivity index (χ3n) is 3.06. The monoisotopic (exact) mass is 199 g/mol. The van der Waals surface area contributed by atoms with Crippen LogP contribution in [0.1, 0.15) is 33.1 Å². The van der Waals surface area contributed by atoms with Crippen LogP contribution < -0.4 is 0 Å². The molecule has 0 amide bonds.